The fourth-order valence-corrected chi connectivity index (χ4v) is 3.77. The molecule has 0 aliphatic heterocycles. The lowest BCUT2D eigenvalue weighted by molar-refractivity contribution is -0.142. The summed E-state index contributed by atoms with van der Waals surface area (Å²) >= 11 is 9.54. The van der Waals surface area contributed by atoms with E-state index in [9.17, 15) is 9.59 Å². The smallest absolute Gasteiger partial charge is 0.261 e. The van der Waals surface area contributed by atoms with Gasteiger partial charge in [-0.1, -0.05) is 50.6 Å². The van der Waals surface area contributed by atoms with E-state index in [0.717, 1.165) is 15.6 Å². The van der Waals surface area contributed by atoms with Gasteiger partial charge in [0.05, 0.1) is 4.47 Å². The van der Waals surface area contributed by atoms with E-state index in [1.54, 1.807) is 19.1 Å². The van der Waals surface area contributed by atoms with Crippen LogP contribution in [0.1, 0.15) is 59.6 Å². The van der Waals surface area contributed by atoms with E-state index in [1.807, 2.05) is 51.1 Å². The van der Waals surface area contributed by atoms with E-state index in [4.69, 9.17) is 16.3 Å². The number of halogens is 2. The van der Waals surface area contributed by atoms with Crippen LogP contribution in [-0.2, 0) is 21.5 Å². The third-order valence-corrected chi connectivity index (χ3v) is 5.95. The summed E-state index contributed by atoms with van der Waals surface area (Å²) in [6.45, 7) is 13.9. The Morgan fingerprint density at radius 1 is 1.06 bits per heavy atom. The number of ether oxygens (including phenoxy) is 1. The summed E-state index contributed by atoms with van der Waals surface area (Å²) in [5.41, 5.74) is 1.63. The standard InChI is InChI=1S/C26H34BrClN2O3/c1-17(24(32)29-26(5,6)7)30(15-18-8-11-20(28)12-9-18)23(31)16-33-22-13-10-19(14-21(22)27)25(2,3)4/h8-14,17H,15-16H2,1-7H3,(H,29,32)/t17-/m1/s1. The molecule has 0 heterocycles. The van der Waals surface area contributed by atoms with Gasteiger partial charge >= 0.3 is 0 Å². The van der Waals surface area contributed by atoms with Gasteiger partial charge in [-0.3, -0.25) is 9.59 Å². The highest BCUT2D eigenvalue weighted by Crippen LogP contribution is 2.31. The summed E-state index contributed by atoms with van der Waals surface area (Å²) in [7, 11) is 0. The lowest BCUT2D eigenvalue weighted by Crippen LogP contribution is -2.53. The van der Waals surface area contributed by atoms with Crippen LogP contribution >= 0.6 is 27.5 Å². The maximum Gasteiger partial charge on any atom is 0.261 e. The van der Waals surface area contributed by atoms with E-state index in [-0.39, 0.29) is 30.4 Å². The second-order valence-corrected chi connectivity index (χ2v) is 11.5. The van der Waals surface area contributed by atoms with Crippen molar-refractivity contribution in [3.05, 3.63) is 63.1 Å². The molecule has 0 bridgehead atoms. The molecule has 1 atom stereocenters. The molecule has 5 nitrogen and oxygen atoms in total. The lowest BCUT2D eigenvalue weighted by Gasteiger charge is -2.31. The van der Waals surface area contributed by atoms with E-state index >= 15 is 0 Å². The van der Waals surface area contributed by atoms with Crippen LogP contribution < -0.4 is 10.1 Å². The first kappa shape index (κ1) is 27.2. The molecule has 180 valence electrons. The van der Waals surface area contributed by atoms with Gasteiger partial charge in [-0.25, -0.2) is 0 Å². The van der Waals surface area contributed by atoms with E-state index in [1.165, 1.54) is 4.90 Å². The molecule has 0 saturated carbocycles. The van der Waals surface area contributed by atoms with E-state index < -0.39 is 11.6 Å². The Kier molecular flexibility index (Phi) is 9.00. The van der Waals surface area contributed by atoms with Gasteiger partial charge in [0.2, 0.25) is 5.91 Å². The number of nitrogens with one attached hydrogen (secondary N) is 1. The average molecular weight is 538 g/mol. The van der Waals surface area contributed by atoms with Crippen LogP contribution in [0, 0.1) is 0 Å². The zero-order valence-corrected chi connectivity index (χ0v) is 22.8. The Morgan fingerprint density at radius 2 is 1.67 bits per heavy atom. The van der Waals surface area contributed by atoms with Crippen LogP contribution in [0.4, 0.5) is 0 Å². The highest BCUT2D eigenvalue weighted by Gasteiger charge is 2.29. The first-order valence-corrected chi connectivity index (χ1v) is 12.1. The second-order valence-electron chi connectivity index (χ2n) is 10.2. The summed E-state index contributed by atoms with van der Waals surface area (Å²) in [4.78, 5) is 27.6. The van der Waals surface area contributed by atoms with Crippen molar-refractivity contribution in [1.29, 1.82) is 0 Å². The first-order chi connectivity index (χ1) is 15.2. The number of rotatable bonds is 7. The minimum absolute atomic E-state index is 0.00208. The van der Waals surface area contributed by atoms with Crippen LogP contribution in [0.25, 0.3) is 0 Å². The van der Waals surface area contributed by atoms with Gasteiger partial charge < -0.3 is 15.0 Å². The number of hydrogen-bond acceptors (Lipinski definition) is 3. The van der Waals surface area contributed by atoms with Crippen molar-refractivity contribution in [2.24, 2.45) is 0 Å². The van der Waals surface area contributed by atoms with Crippen molar-refractivity contribution in [1.82, 2.24) is 10.2 Å². The van der Waals surface area contributed by atoms with Gasteiger partial charge in [0.15, 0.2) is 6.61 Å². The minimum atomic E-state index is -0.678. The summed E-state index contributed by atoms with van der Waals surface area (Å²) < 4.78 is 6.63. The number of carbonyl (C=O) groups excluding carboxylic acids is 2. The van der Waals surface area contributed by atoms with Gasteiger partial charge in [-0.15, -0.1) is 0 Å². The lowest BCUT2D eigenvalue weighted by atomic mass is 9.87. The number of nitrogens with zero attached hydrogens (tertiary/aromatic N) is 1. The van der Waals surface area contributed by atoms with Crippen molar-refractivity contribution in [3.8, 4) is 5.75 Å². The van der Waals surface area contributed by atoms with Crippen molar-refractivity contribution >= 4 is 39.3 Å². The summed E-state index contributed by atoms with van der Waals surface area (Å²) in [6.07, 6.45) is 0. The van der Waals surface area contributed by atoms with Gasteiger partial charge in [0.25, 0.3) is 5.91 Å². The number of carbonyl (C=O) groups is 2. The zero-order chi connectivity index (χ0) is 25.0. The molecule has 0 aliphatic rings. The van der Waals surface area contributed by atoms with Crippen LogP contribution in [-0.4, -0.2) is 34.9 Å². The fourth-order valence-electron chi connectivity index (χ4n) is 3.15. The van der Waals surface area contributed by atoms with Gasteiger partial charge in [0.1, 0.15) is 11.8 Å². The third-order valence-electron chi connectivity index (χ3n) is 5.08. The Morgan fingerprint density at radius 3 is 2.18 bits per heavy atom. The highest BCUT2D eigenvalue weighted by molar-refractivity contribution is 9.10. The topological polar surface area (TPSA) is 58.6 Å². The molecule has 0 unspecified atom stereocenters. The summed E-state index contributed by atoms with van der Waals surface area (Å²) in [6, 6.07) is 12.4. The van der Waals surface area contributed by atoms with Gasteiger partial charge in [-0.05, 0) is 84.4 Å². The predicted molar refractivity (Wildman–Crippen MR) is 138 cm³/mol. The molecule has 2 aromatic rings. The largest absolute Gasteiger partial charge is 0.483 e. The molecule has 1 N–H and O–H groups in total. The highest BCUT2D eigenvalue weighted by atomic mass is 79.9. The maximum atomic E-state index is 13.2. The number of hydrogen-bond donors (Lipinski definition) is 1. The predicted octanol–water partition coefficient (Wildman–Crippen LogP) is 6.11. The first-order valence-electron chi connectivity index (χ1n) is 11.0. The molecule has 2 rings (SSSR count). The Balaban J connectivity index is 2.20. The van der Waals surface area contributed by atoms with Crippen LogP contribution in [0.15, 0.2) is 46.9 Å². The molecule has 2 aromatic carbocycles. The van der Waals surface area contributed by atoms with E-state index in [0.29, 0.717) is 10.8 Å². The Bertz CT molecular complexity index is 979. The van der Waals surface area contributed by atoms with Crippen molar-refractivity contribution in [2.75, 3.05) is 6.61 Å². The Labute approximate surface area is 211 Å². The molecule has 7 heteroatoms. The summed E-state index contributed by atoms with van der Waals surface area (Å²) in [5, 5.41) is 3.56. The van der Waals surface area contributed by atoms with Gasteiger partial charge in [-0.2, -0.15) is 0 Å². The van der Waals surface area contributed by atoms with Crippen molar-refractivity contribution in [3.63, 3.8) is 0 Å². The molecule has 2 amide bonds. The van der Waals surface area contributed by atoms with Crippen molar-refractivity contribution in [2.45, 2.75) is 72.0 Å². The Hall–Kier alpha value is -2.05. The van der Waals surface area contributed by atoms with Crippen LogP contribution in [0.3, 0.4) is 0 Å². The second kappa shape index (κ2) is 10.9. The molecule has 0 spiro atoms. The molecule has 0 radical (unpaired) electrons. The van der Waals surface area contributed by atoms with E-state index in [2.05, 4.69) is 42.0 Å². The summed E-state index contributed by atoms with van der Waals surface area (Å²) in [5.74, 6) is 0.0726. The number of benzene rings is 2. The van der Waals surface area contributed by atoms with Crippen LogP contribution in [0.2, 0.25) is 5.02 Å². The normalized spacial score (nSPS) is 12.8. The maximum absolute atomic E-state index is 13.2. The van der Waals surface area contributed by atoms with Gasteiger partial charge in [0, 0.05) is 17.1 Å². The van der Waals surface area contributed by atoms with Crippen molar-refractivity contribution < 1.29 is 14.3 Å². The molecular weight excluding hydrogens is 504 g/mol. The fraction of sp³-hybridized carbons (Fsp3) is 0.462. The zero-order valence-electron chi connectivity index (χ0n) is 20.5. The molecule has 33 heavy (non-hydrogen) atoms. The average Bonchev–Trinajstić information content (AvgIpc) is 2.69. The number of amides is 2. The monoisotopic (exact) mass is 536 g/mol. The third kappa shape index (κ3) is 8.35. The minimum Gasteiger partial charge on any atom is -0.483 e. The molecular formula is C26H34BrClN2O3. The quantitative estimate of drug-likeness (QED) is 0.463. The SMILES string of the molecule is C[C@H](C(=O)NC(C)(C)C)N(Cc1ccc(Cl)cc1)C(=O)COc1ccc(C(C)(C)C)cc1Br. The molecule has 0 aromatic heterocycles. The molecule has 0 fully saturated rings. The van der Waals surface area contributed by atoms with Crippen LogP contribution in [0.5, 0.6) is 5.75 Å². The molecule has 0 aliphatic carbocycles. The molecule has 0 saturated heterocycles.